The smallest absolute Gasteiger partial charge is 0.377 e. The first kappa shape index (κ1) is 13.1. The van der Waals surface area contributed by atoms with Gasteiger partial charge in [-0.15, -0.1) is 4.57 Å². The van der Waals surface area contributed by atoms with E-state index < -0.39 is 23.1 Å². The number of carbonyl (C=O) groups is 1. The Balaban J connectivity index is 2.39. The number of aromatic nitrogens is 1. The van der Waals surface area contributed by atoms with Gasteiger partial charge in [-0.1, -0.05) is 6.07 Å². The van der Waals surface area contributed by atoms with Gasteiger partial charge in [0.05, 0.1) is 0 Å². The summed E-state index contributed by atoms with van der Waals surface area (Å²) in [5, 5.41) is 0. The molecule has 0 saturated heterocycles. The van der Waals surface area contributed by atoms with E-state index in [1.54, 1.807) is 12.1 Å². The summed E-state index contributed by atoms with van der Waals surface area (Å²) in [6.07, 6.45) is 2.95. The summed E-state index contributed by atoms with van der Waals surface area (Å²) in [6.45, 7) is 0. The molecule has 3 nitrogen and oxygen atoms in total. The Kier molecular flexibility index (Phi) is 3.55. The van der Waals surface area contributed by atoms with E-state index in [1.807, 2.05) is 19.0 Å². The van der Waals surface area contributed by atoms with Crippen LogP contribution in [0.15, 0.2) is 42.7 Å². The molecule has 0 bridgehead atoms. The van der Waals surface area contributed by atoms with Crippen LogP contribution < -0.4 is 9.47 Å². The third kappa shape index (κ3) is 2.59. The molecule has 0 atom stereocenters. The number of nitrogens with zero attached hydrogens (tertiary/aromatic N) is 2. The minimum absolute atomic E-state index is 0.551. The normalized spacial score (nSPS) is 10.3. The van der Waals surface area contributed by atoms with E-state index in [0.717, 1.165) is 22.4 Å². The maximum atomic E-state index is 13.5. The van der Waals surface area contributed by atoms with Crippen molar-refractivity contribution in [3.05, 3.63) is 59.9 Å². The fraction of sp³-hybridized carbons (Fsp3) is 0.143. The molecule has 0 amide bonds. The number of rotatable bonds is 2. The van der Waals surface area contributed by atoms with Gasteiger partial charge in [0.2, 0.25) is 0 Å². The van der Waals surface area contributed by atoms with Crippen LogP contribution in [-0.2, 0) is 0 Å². The summed E-state index contributed by atoms with van der Waals surface area (Å²) < 4.78 is 28.2. The highest BCUT2D eigenvalue weighted by Gasteiger charge is 2.25. The molecule has 98 valence electrons. The summed E-state index contributed by atoms with van der Waals surface area (Å²) in [5.74, 6) is -2.47. The minimum atomic E-state index is -0.866. The summed E-state index contributed by atoms with van der Waals surface area (Å²) in [4.78, 5) is 13.9. The molecule has 0 aliphatic rings. The van der Waals surface area contributed by atoms with E-state index >= 15 is 0 Å². The molecule has 2 rings (SSSR count). The van der Waals surface area contributed by atoms with Gasteiger partial charge >= 0.3 is 5.91 Å². The van der Waals surface area contributed by atoms with Crippen molar-refractivity contribution < 1.29 is 18.1 Å². The third-order valence-electron chi connectivity index (χ3n) is 2.74. The van der Waals surface area contributed by atoms with E-state index in [0.29, 0.717) is 0 Å². The molecule has 1 aromatic carbocycles. The molecule has 1 heterocycles. The average Bonchev–Trinajstić information content (AvgIpc) is 2.38. The Morgan fingerprint density at radius 1 is 1.05 bits per heavy atom. The average molecular weight is 263 g/mol. The molecular weight excluding hydrogens is 250 g/mol. The van der Waals surface area contributed by atoms with E-state index in [1.165, 1.54) is 18.5 Å². The van der Waals surface area contributed by atoms with E-state index in [4.69, 9.17) is 0 Å². The van der Waals surface area contributed by atoms with Crippen molar-refractivity contribution in [1.29, 1.82) is 0 Å². The number of carbonyl (C=O) groups excluding carboxylic acids is 1. The standard InChI is InChI=1S/C14H13F2N2O/c1-17(2)10-6-8-18(9-7-10)14(19)13-11(15)4-3-5-12(13)16/h3-9H,1-2H3/q+1. The van der Waals surface area contributed by atoms with Crippen molar-refractivity contribution in [3.8, 4) is 0 Å². The predicted octanol–water partition coefficient (Wildman–Crippen LogP) is 2.01. The van der Waals surface area contributed by atoms with Crippen LogP contribution in [0.3, 0.4) is 0 Å². The van der Waals surface area contributed by atoms with Crippen LogP contribution in [0, 0.1) is 11.6 Å². The van der Waals surface area contributed by atoms with Crippen LogP contribution in [-0.4, -0.2) is 20.0 Å². The number of hydrogen-bond acceptors (Lipinski definition) is 2. The lowest BCUT2D eigenvalue weighted by Crippen LogP contribution is -2.43. The summed E-state index contributed by atoms with van der Waals surface area (Å²) in [5.41, 5.74) is 0.336. The van der Waals surface area contributed by atoms with Crippen molar-refractivity contribution in [2.24, 2.45) is 0 Å². The summed E-state index contributed by atoms with van der Waals surface area (Å²) >= 11 is 0. The zero-order valence-corrected chi connectivity index (χ0v) is 10.6. The van der Waals surface area contributed by atoms with Gasteiger partial charge in [-0.3, -0.25) is 0 Å². The first-order chi connectivity index (χ1) is 9.00. The Morgan fingerprint density at radius 2 is 1.58 bits per heavy atom. The highest BCUT2D eigenvalue weighted by Crippen LogP contribution is 2.12. The van der Waals surface area contributed by atoms with E-state index in [-0.39, 0.29) is 0 Å². The molecule has 0 radical (unpaired) electrons. The van der Waals surface area contributed by atoms with Gasteiger partial charge in [0.15, 0.2) is 18.0 Å². The molecule has 0 spiro atoms. The van der Waals surface area contributed by atoms with Crippen LogP contribution in [0.4, 0.5) is 14.5 Å². The maximum absolute atomic E-state index is 13.5. The Morgan fingerprint density at radius 3 is 2.05 bits per heavy atom. The first-order valence-electron chi connectivity index (χ1n) is 5.68. The molecule has 0 aliphatic heterocycles. The lowest BCUT2D eigenvalue weighted by Gasteiger charge is -2.10. The summed E-state index contributed by atoms with van der Waals surface area (Å²) in [7, 11) is 3.72. The van der Waals surface area contributed by atoms with Crippen molar-refractivity contribution in [1.82, 2.24) is 0 Å². The quantitative estimate of drug-likeness (QED) is 0.774. The molecule has 19 heavy (non-hydrogen) atoms. The van der Waals surface area contributed by atoms with Crippen molar-refractivity contribution in [2.45, 2.75) is 0 Å². The fourth-order valence-corrected chi connectivity index (χ4v) is 1.68. The highest BCUT2D eigenvalue weighted by atomic mass is 19.1. The van der Waals surface area contributed by atoms with Crippen LogP contribution in [0.2, 0.25) is 0 Å². The molecular formula is C14H13F2N2O+. The Labute approximate surface area is 109 Å². The zero-order chi connectivity index (χ0) is 14.0. The highest BCUT2D eigenvalue weighted by molar-refractivity contribution is 5.87. The monoisotopic (exact) mass is 263 g/mol. The molecule has 0 N–H and O–H groups in total. The lowest BCUT2D eigenvalue weighted by atomic mass is 10.2. The lowest BCUT2D eigenvalue weighted by molar-refractivity contribution is -0.570. The SMILES string of the molecule is CN(C)c1cc[n+](C(=O)c2c(F)cccc2F)cc1. The largest absolute Gasteiger partial charge is 0.430 e. The number of pyridine rings is 1. The number of anilines is 1. The fourth-order valence-electron chi connectivity index (χ4n) is 1.68. The molecule has 0 unspecified atom stereocenters. The van der Waals surface area contributed by atoms with Crippen LogP contribution >= 0.6 is 0 Å². The summed E-state index contributed by atoms with van der Waals surface area (Å²) in [6, 6.07) is 6.73. The second-order valence-corrected chi connectivity index (χ2v) is 4.26. The Bertz CT molecular complexity index is 589. The molecule has 1 aromatic heterocycles. The van der Waals surface area contributed by atoms with Gasteiger partial charge in [-0.25, -0.2) is 13.6 Å². The van der Waals surface area contributed by atoms with Gasteiger partial charge in [0, 0.05) is 31.9 Å². The second-order valence-electron chi connectivity index (χ2n) is 4.26. The van der Waals surface area contributed by atoms with Gasteiger partial charge in [-0.2, -0.15) is 0 Å². The number of benzene rings is 1. The van der Waals surface area contributed by atoms with Crippen molar-refractivity contribution in [3.63, 3.8) is 0 Å². The molecule has 0 fully saturated rings. The number of halogens is 2. The third-order valence-corrected chi connectivity index (χ3v) is 2.74. The number of hydrogen-bond donors (Lipinski definition) is 0. The Hall–Kier alpha value is -2.30. The molecule has 5 heteroatoms. The molecule has 2 aromatic rings. The topological polar surface area (TPSA) is 24.2 Å². The predicted molar refractivity (Wildman–Crippen MR) is 67.1 cm³/mol. The zero-order valence-electron chi connectivity index (χ0n) is 10.6. The minimum Gasteiger partial charge on any atom is -0.377 e. The van der Waals surface area contributed by atoms with E-state index in [2.05, 4.69) is 0 Å². The maximum Gasteiger partial charge on any atom is 0.430 e. The van der Waals surface area contributed by atoms with Crippen LogP contribution in [0.1, 0.15) is 10.4 Å². The van der Waals surface area contributed by atoms with Gasteiger partial charge in [0.1, 0.15) is 11.6 Å². The molecule has 0 saturated carbocycles. The van der Waals surface area contributed by atoms with Crippen molar-refractivity contribution in [2.75, 3.05) is 19.0 Å². The van der Waals surface area contributed by atoms with Crippen molar-refractivity contribution >= 4 is 11.6 Å². The first-order valence-corrected chi connectivity index (χ1v) is 5.68. The van der Waals surface area contributed by atoms with Gasteiger partial charge in [-0.05, 0) is 12.1 Å². The second kappa shape index (κ2) is 5.14. The molecule has 0 aliphatic carbocycles. The van der Waals surface area contributed by atoms with Crippen LogP contribution in [0.25, 0.3) is 0 Å². The van der Waals surface area contributed by atoms with Gasteiger partial charge in [0.25, 0.3) is 0 Å². The van der Waals surface area contributed by atoms with Gasteiger partial charge < -0.3 is 4.90 Å². The van der Waals surface area contributed by atoms with E-state index in [9.17, 15) is 13.6 Å². The van der Waals surface area contributed by atoms with Crippen LogP contribution in [0.5, 0.6) is 0 Å².